The molecule has 0 saturated heterocycles. The van der Waals surface area contributed by atoms with E-state index < -0.39 is 0 Å². The molecular formula is C8H16O2. The molecule has 0 aromatic rings. The summed E-state index contributed by atoms with van der Waals surface area (Å²) >= 11 is 0. The highest BCUT2D eigenvalue weighted by atomic mass is 16.7. The van der Waals surface area contributed by atoms with Crippen molar-refractivity contribution in [3.63, 3.8) is 0 Å². The van der Waals surface area contributed by atoms with Gasteiger partial charge in [0.1, 0.15) is 0 Å². The number of methoxy groups -OCH3 is 2. The minimum absolute atomic E-state index is 0.619. The Balaban J connectivity index is 3.43. The molecule has 0 fully saturated rings. The SMILES string of the molecule is CCCCC=C(OC)OC. The first-order valence-corrected chi connectivity index (χ1v) is 3.63. The first-order valence-electron chi connectivity index (χ1n) is 3.63. The van der Waals surface area contributed by atoms with Gasteiger partial charge >= 0.3 is 0 Å². The van der Waals surface area contributed by atoms with Gasteiger partial charge in [-0.1, -0.05) is 13.3 Å². The number of unbranched alkanes of at least 4 members (excludes halogenated alkanes) is 2. The van der Waals surface area contributed by atoms with Crippen LogP contribution in [0.1, 0.15) is 26.2 Å². The fourth-order valence-corrected chi connectivity index (χ4v) is 0.674. The van der Waals surface area contributed by atoms with E-state index in [2.05, 4.69) is 6.92 Å². The van der Waals surface area contributed by atoms with Gasteiger partial charge in [-0.15, -0.1) is 0 Å². The molecule has 0 aliphatic carbocycles. The Morgan fingerprint density at radius 1 is 1.30 bits per heavy atom. The van der Waals surface area contributed by atoms with Crippen molar-refractivity contribution in [2.45, 2.75) is 26.2 Å². The van der Waals surface area contributed by atoms with Crippen LogP contribution in [0.15, 0.2) is 12.0 Å². The molecule has 0 aromatic carbocycles. The van der Waals surface area contributed by atoms with Gasteiger partial charge < -0.3 is 9.47 Å². The molecule has 0 heterocycles. The van der Waals surface area contributed by atoms with Gasteiger partial charge in [0.2, 0.25) is 0 Å². The van der Waals surface area contributed by atoms with Gasteiger partial charge in [-0.05, 0) is 18.9 Å². The quantitative estimate of drug-likeness (QED) is 0.435. The van der Waals surface area contributed by atoms with Crippen molar-refractivity contribution in [2.75, 3.05) is 14.2 Å². The van der Waals surface area contributed by atoms with Crippen LogP contribution >= 0.6 is 0 Å². The van der Waals surface area contributed by atoms with Gasteiger partial charge in [-0.25, -0.2) is 0 Å². The molecule has 0 aromatic heterocycles. The molecular weight excluding hydrogens is 128 g/mol. The smallest absolute Gasteiger partial charge is 0.274 e. The summed E-state index contributed by atoms with van der Waals surface area (Å²) in [4.78, 5) is 0. The summed E-state index contributed by atoms with van der Waals surface area (Å²) in [5.74, 6) is 0.619. The first kappa shape index (κ1) is 9.34. The summed E-state index contributed by atoms with van der Waals surface area (Å²) in [6.07, 6.45) is 5.39. The molecule has 0 amide bonds. The molecule has 2 nitrogen and oxygen atoms in total. The molecule has 0 aliphatic rings. The van der Waals surface area contributed by atoms with Crippen molar-refractivity contribution < 1.29 is 9.47 Å². The number of allylic oxidation sites excluding steroid dienone is 1. The molecule has 0 bridgehead atoms. The highest BCUT2D eigenvalue weighted by Crippen LogP contribution is 2.01. The maximum atomic E-state index is 4.88. The topological polar surface area (TPSA) is 18.5 Å². The van der Waals surface area contributed by atoms with E-state index in [9.17, 15) is 0 Å². The highest BCUT2D eigenvalue weighted by molar-refractivity contribution is 4.82. The van der Waals surface area contributed by atoms with E-state index in [1.54, 1.807) is 14.2 Å². The molecule has 60 valence electrons. The number of ether oxygens (including phenoxy) is 2. The van der Waals surface area contributed by atoms with Gasteiger partial charge in [0.25, 0.3) is 5.95 Å². The van der Waals surface area contributed by atoms with Crippen LogP contribution in [0.4, 0.5) is 0 Å². The molecule has 2 heteroatoms. The molecule has 0 unspecified atom stereocenters. The summed E-state index contributed by atoms with van der Waals surface area (Å²) in [6, 6.07) is 0. The van der Waals surface area contributed by atoms with Crippen LogP contribution in [0.25, 0.3) is 0 Å². The lowest BCUT2D eigenvalue weighted by atomic mass is 10.2. The largest absolute Gasteiger partial charge is 0.469 e. The molecule has 0 rings (SSSR count). The van der Waals surface area contributed by atoms with E-state index in [1.807, 2.05) is 6.08 Å². The standard InChI is InChI=1S/C8H16O2/c1-4-5-6-7-8(9-2)10-3/h7H,4-6H2,1-3H3. The van der Waals surface area contributed by atoms with Crippen molar-refractivity contribution in [3.05, 3.63) is 12.0 Å². The highest BCUT2D eigenvalue weighted by Gasteiger charge is 1.89. The summed E-state index contributed by atoms with van der Waals surface area (Å²) in [7, 11) is 3.22. The van der Waals surface area contributed by atoms with Gasteiger partial charge in [-0.2, -0.15) is 0 Å². The van der Waals surface area contributed by atoms with Crippen molar-refractivity contribution >= 4 is 0 Å². The Labute approximate surface area is 62.8 Å². The molecule has 0 aliphatic heterocycles. The molecule has 10 heavy (non-hydrogen) atoms. The van der Waals surface area contributed by atoms with E-state index in [1.165, 1.54) is 12.8 Å². The number of hydrogen-bond donors (Lipinski definition) is 0. The lowest BCUT2D eigenvalue weighted by molar-refractivity contribution is 0.0938. The minimum Gasteiger partial charge on any atom is -0.469 e. The second-order valence-electron chi connectivity index (χ2n) is 2.07. The Morgan fingerprint density at radius 3 is 2.30 bits per heavy atom. The Hall–Kier alpha value is -0.660. The van der Waals surface area contributed by atoms with Crippen molar-refractivity contribution in [1.82, 2.24) is 0 Å². The van der Waals surface area contributed by atoms with Crippen molar-refractivity contribution in [2.24, 2.45) is 0 Å². The fourth-order valence-electron chi connectivity index (χ4n) is 0.674. The molecule has 0 radical (unpaired) electrons. The number of rotatable bonds is 5. The minimum atomic E-state index is 0.619. The van der Waals surface area contributed by atoms with Crippen LogP contribution in [-0.2, 0) is 9.47 Å². The fraction of sp³-hybridized carbons (Fsp3) is 0.750. The third kappa shape index (κ3) is 4.24. The average molecular weight is 144 g/mol. The second kappa shape index (κ2) is 6.46. The van der Waals surface area contributed by atoms with Crippen LogP contribution in [0.3, 0.4) is 0 Å². The second-order valence-corrected chi connectivity index (χ2v) is 2.07. The lowest BCUT2D eigenvalue weighted by Crippen LogP contribution is -1.88. The van der Waals surface area contributed by atoms with Crippen LogP contribution in [0.5, 0.6) is 0 Å². The predicted octanol–water partition coefficient (Wildman–Crippen LogP) is 2.31. The van der Waals surface area contributed by atoms with Gasteiger partial charge in [-0.3, -0.25) is 0 Å². The molecule has 0 atom stereocenters. The van der Waals surface area contributed by atoms with Crippen molar-refractivity contribution in [3.8, 4) is 0 Å². The van der Waals surface area contributed by atoms with E-state index >= 15 is 0 Å². The van der Waals surface area contributed by atoms with E-state index in [0.29, 0.717) is 5.95 Å². The Bertz CT molecular complexity index is 91.4. The van der Waals surface area contributed by atoms with E-state index in [0.717, 1.165) is 6.42 Å². The van der Waals surface area contributed by atoms with Crippen LogP contribution < -0.4 is 0 Å². The van der Waals surface area contributed by atoms with E-state index in [4.69, 9.17) is 9.47 Å². The summed E-state index contributed by atoms with van der Waals surface area (Å²) in [6.45, 7) is 2.16. The monoisotopic (exact) mass is 144 g/mol. The maximum absolute atomic E-state index is 4.88. The molecule has 0 spiro atoms. The van der Waals surface area contributed by atoms with E-state index in [-0.39, 0.29) is 0 Å². The maximum Gasteiger partial charge on any atom is 0.274 e. The normalized spacial score (nSPS) is 8.70. The van der Waals surface area contributed by atoms with Gasteiger partial charge in [0.05, 0.1) is 14.2 Å². The Morgan fingerprint density at radius 2 is 1.90 bits per heavy atom. The zero-order valence-corrected chi connectivity index (χ0v) is 7.02. The zero-order valence-electron chi connectivity index (χ0n) is 7.02. The van der Waals surface area contributed by atoms with Crippen LogP contribution in [0.2, 0.25) is 0 Å². The lowest BCUT2D eigenvalue weighted by Gasteiger charge is -2.02. The third-order valence-electron chi connectivity index (χ3n) is 1.27. The third-order valence-corrected chi connectivity index (χ3v) is 1.27. The average Bonchev–Trinajstić information content (AvgIpc) is 1.99. The summed E-state index contributed by atoms with van der Waals surface area (Å²) in [5.41, 5.74) is 0. The van der Waals surface area contributed by atoms with Crippen molar-refractivity contribution in [1.29, 1.82) is 0 Å². The van der Waals surface area contributed by atoms with Crippen LogP contribution in [-0.4, -0.2) is 14.2 Å². The Kier molecular flexibility index (Phi) is 6.03. The summed E-state index contributed by atoms with van der Waals surface area (Å²) < 4.78 is 9.77. The molecule has 0 saturated carbocycles. The van der Waals surface area contributed by atoms with Gasteiger partial charge in [0, 0.05) is 0 Å². The first-order chi connectivity index (χ1) is 4.85. The molecule has 0 N–H and O–H groups in total. The number of hydrogen-bond acceptors (Lipinski definition) is 2. The van der Waals surface area contributed by atoms with Crippen LogP contribution in [0, 0.1) is 0 Å². The predicted molar refractivity (Wildman–Crippen MR) is 41.6 cm³/mol. The van der Waals surface area contributed by atoms with Gasteiger partial charge in [0.15, 0.2) is 0 Å². The summed E-state index contributed by atoms with van der Waals surface area (Å²) in [5, 5.41) is 0. The zero-order chi connectivity index (χ0) is 7.82.